The van der Waals surface area contributed by atoms with Crippen LogP contribution < -0.4 is 15.1 Å². The monoisotopic (exact) mass is 355 g/mol. The van der Waals surface area contributed by atoms with Crippen molar-refractivity contribution in [2.24, 2.45) is 0 Å². The molecule has 0 unspecified atom stereocenters. The molecule has 1 N–H and O–H groups in total. The number of allylic oxidation sites excluding steroid dienone is 3. The lowest BCUT2D eigenvalue weighted by Gasteiger charge is -2.37. The SMILES string of the molecule is C=CNC(=C)N(C(=C)N(C1=CCCC=C1)c1ccccc1)c1ccccc1. The van der Waals surface area contributed by atoms with Crippen molar-refractivity contribution in [2.75, 3.05) is 9.80 Å². The summed E-state index contributed by atoms with van der Waals surface area (Å²) in [5.74, 6) is 1.46. The van der Waals surface area contributed by atoms with E-state index in [0.29, 0.717) is 5.82 Å². The van der Waals surface area contributed by atoms with Crippen molar-refractivity contribution in [3.63, 3.8) is 0 Å². The molecule has 0 heterocycles. The topological polar surface area (TPSA) is 18.5 Å². The number of rotatable bonds is 8. The fourth-order valence-electron chi connectivity index (χ4n) is 3.11. The van der Waals surface area contributed by atoms with Crippen molar-refractivity contribution < 1.29 is 0 Å². The average molecular weight is 355 g/mol. The third-order valence-electron chi connectivity index (χ3n) is 4.32. The van der Waals surface area contributed by atoms with Gasteiger partial charge in [0.25, 0.3) is 0 Å². The highest BCUT2D eigenvalue weighted by molar-refractivity contribution is 5.68. The van der Waals surface area contributed by atoms with Gasteiger partial charge in [-0.2, -0.15) is 0 Å². The minimum Gasteiger partial charge on any atom is -0.349 e. The van der Waals surface area contributed by atoms with E-state index in [0.717, 1.165) is 35.7 Å². The van der Waals surface area contributed by atoms with Gasteiger partial charge < -0.3 is 5.32 Å². The van der Waals surface area contributed by atoms with E-state index >= 15 is 0 Å². The molecule has 0 spiro atoms. The number of para-hydroxylation sites is 2. The fraction of sp³-hybridized carbons (Fsp3) is 0.0833. The van der Waals surface area contributed by atoms with Crippen LogP contribution in [0.25, 0.3) is 0 Å². The van der Waals surface area contributed by atoms with Crippen LogP contribution in [-0.4, -0.2) is 0 Å². The Kier molecular flexibility index (Phi) is 5.95. The summed E-state index contributed by atoms with van der Waals surface area (Å²) in [6, 6.07) is 20.3. The molecule has 0 saturated heterocycles. The van der Waals surface area contributed by atoms with E-state index in [1.54, 1.807) is 6.20 Å². The third-order valence-corrected chi connectivity index (χ3v) is 4.32. The second-order valence-corrected chi connectivity index (χ2v) is 6.16. The van der Waals surface area contributed by atoms with E-state index in [-0.39, 0.29) is 0 Å². The second-order valence-electron chi connectivity index (χ2n) is 6.16. The molecule has 2 aromatic rings. The molecule has 3 heteroatoms. The minimum absolute atomic E-state index is 0.683. The Hall–Kier alpha value is -3.46. The smallest absolute Gasteiger partial charge is 0.116 e. The molecule has 0 bridgehead atoms. The Morgan fingerprint density at radius 2 is 1.52 bits per heavy atom. The predicted molar refractivity (Wildman–Crippen MR) is 116 cm³/mol. The van der Waals surface area contributed by atoms with Crippen molar-refractivity contribution >= 4 is 11.4 Å². The maximum Gasteiger partial charge on any atom is 0.116 e. The van der Waals surface area contributed by atoms with Crippen LogP contribution in [0.3, 0.4) is 0 Å². The Bertz CT molecular complexity index is 863. The van der Waals surface area contributed by atoms with Gasteiger partial charge in [0, 0.05) is 17.1 Å². The van der Waals surface area contributed by atoms with Crippen LogP contribution in [0.2, 0.25) is 0 Å². The first-order valence-electron chi connectivity index (χ1n) is 9.04. The molecular formula is C24H25N3. The first-order chi connectivity index (χ1) is 13.2. The summed E-state index contributed by atoms with van der Waals surface area (Å²) in [5, 5.41) is 3.10. The van der Waals surface area contributed by atoms with Crippen LogP contribution in [0.5, 0.6) is 0 Å². The number of hydrogen-bond donors (Lipinski definition) is 1. The molecular weight excluding hydrogens is 330 g/mol. The highest BCUT2D eigenvalue weighted by Crippen LogP contribution is 2.32. The second kappa shape index (κ2) is 8.77. The molecule has 0 fully saturated rings. The van der Waals surface area contributed by atoms with Crippen LogP contribution in [-0.2, 0) is 0 Å². The lowest BCUT2D eigenvalue weighted by molar-refractivity contribution is 0.897. The number of hydrogen-bond acceptors (Lipinski definition) is 3. The Labute approximate surface area is 161 Å². The van der Waals surface area contributed by atoms with Crippen molar-refractivity contribution in [3.05, 3.63) is 122 Å². The fourth-order valence-corrected chi connectivity index (χ4v) is 3.11. The van der Waals surface area contributed by atoms with Gasteiger partial charge in [-0.1, -0.05) is 68.3 Å². The van der Waals surface area contributed by atoms with Gasteiger partial charge in [0.2, 0.25) is 0 Å². The molecule has 0 saturated carbocycles. The van der Waals surface area contributed by atoms with Crippen LogP contribution in [0.4, 0.5) is 11.4 Å². The van der Waals surface area contributed by atoms with Crippen LogP contribution in [0, 0.1) is 0 Å². The van der Waals surface area contributed by atoms with E-state index in [1.165, 1.54) is 0 Å². The molecule has 0 atom stereocenters. The molecule has 3 rings (SSSR count). The Morgan fingerprint density at radius 1 is 0.889 bits per heavy atom. The molecule has 27 heavy (non-hydrogen) atoms. The van der Waals surface area contributed by atoms with Gasteiger partial charge in [0.15, 0.2) is 0 Å². The molecule has 3 nitrogen and oxygen atoms in total. The summed E-state index contributed by atoms with van der Waals surface area (Å²) < 4.78 is 0. The molecule has 1 aliphatic carbocycles. The van der Waals surface area contributed by atoms with Gasteiger partial charge in [-0.25, -0.2) is 0 Å². The quantitative estimate of drug-likeness (QED) is 0.635. The normalized spacial score (nSPS) is 12.7. The van der Waals surface area contributed by atoms with Crippen molar-refractivity contribution in [1.29, 1.82) is 0 Å². The van der Waals surface area contributed by atoms with E-state index in [1.807, 2.05) is 53.4 Å². The lowest BCUT2D eigenvalue weighted by atomic mass is 10.1. The van der Waals surface area contributed by atoms with Gasteiger partial charge in [-0.05, 0) is 49.4 Å². The molecule has 0 aromatic heterocycles. The zero-order valence-electron chi connectivity index (χ0n) is 15.5. The zero-order valence-corrected chi connectivity index (χ0v) is 15.5. The van der Waals surface area contributed by atoms with E-state index in [2.05, 4.69) is 60.3 Å². The highest BCUT2D eigenvalue weighted by Gasteiger charge is 2.22. The molecule has 0 amide bonds. The predicted octanol–water partition coefficient (Wildman–Crippen LogP) is 5.91. The first-order valence-corrected chi connectivity index (χ1v) is 9.04. The van der Waals surface area contributed by atoms with Gasteiger partial charge in [0.05, 0.1) is 0 Å². The number of benzene rings is 2. The van der Waals surface area contributed by atoms with Gasteiger partial charge >= 0.3 is 0 Å². The number of nitrogens with one attached hydrogen (secondary N) is 1. The highest BCUT2D eigenvalue weighted by atomic mass is 15.4. The van der Waals surface area contributed by atoms with Gasteiger partial charge in [0.1, 0.15) is 11.6 Å². The molecule has 0 aliphatic heterocycles. The summed E-state index contributed by atoms with van der Waals surface area (Å²) in [6.07, 6.45) is 10.3. The zero-order chi connectivity index (χ0) is 19.1. The maximum absolute atomic E-state index is 4.43. The molecule has 136 valence electrons. The standard InChI is InChI=1S/C24H25N3/c1-4-25-20(2)26(22-14-8-5-9-15-22)21(3)27(23-16-10-6-11-17-23)24-18-12-7-13-19-24/h4-6,8-12,14-19,25H,1-3,7,13H2. The third kappa shape index (κ3) is 4.21. The van der Waals surface area contributed by atoms with E-state index in [9.17, 15) is 0 Å². The van der Waals surface area contributed by atoms with Crippen LogP contribution in [0.15, 0.2) is 122 Å². The maximum atomic E-state index is 4.43. The van der Waals surface area contributed by atoms with E-state index < -0.39 is 0 Å². The van der Waals surface area contributed by atoms with Gasteiger partial charge in [-0.15, -0.1) is 0 Å². The largest absolute Gasteiger partial charge is 0.349 e. The number of nitrogens with zero attached hydrogens (tertiary/aromatic N) is 2. The summed E-state index contributed by atoms with van der Waals surface area (Å²) in [6.45, 7) is 12.4. The number of anilines is 2. The molecule has 0 radical (unpaired) electrons. The Morgan fingerprint density at radius 3 is 2.07 bits per heavy atom. The average Bonchev–Trinajstić information content (AvgIpc) is 2.71. The van der Waals surface area contributed by atoms with Crippen molar-refractivity contribution in [1.82, 2.24) is 5.32 Å². The molecule has 2 aromatic carbocycles. The summed E-state index contributed by atoms with van der Waals surface area (Å²) >= 11 is 0. The summed E-state index contributed by atoms with van der Waals surface area (Å²) in [7, 11) is 0. The minimum atomic E-state index is 0.683. The van der Waals surface area contributed by atoms with Crippen molar-refractivity contribution in [2.45, 2.75) is 12.8 Å². The molecule has 1 aliphatic rings. The van der Waals surface area contributed by atoms with E-state index in [4.69, 9.17) is 0 Å². The van der Waals surface area contributed by atoms with Crippen LogP contribution >= 0.6 is 0 Å². The summed E-state index contributed by atoms with van der Waals surface area (Å²) in [4.78, 5) is 4.15. The van der Waals surface area contributed by atoms with Crippen molar-refractivity contribution in [3.8, 4) is 0 Å². The first kappa shape index (κ1) is 18.3. The lowest BCUT2D eigenvalue weighted by Crippen LogP contribution is -2.37. The van der Waals surface area contributed by atoms with Gasteiger partial charge in [-0.3, -0.25) is 9.80 Å². The Balaban J connectivity index is 2.07. The van der Waals surface area contributed by atoms with Crippen LogP contribution in [0.1, 0.15) is 12.8 Å². The summed E-state index contributed by atoms with van der Waals surface area (Å²) in [5.41, 5.74) is 3.13.